The van der Waals surface area contributed by atoms with Crippen LogP contribution in [-0.4, -0.2) is 12.6 Å². The molecule has 0 aliphatic heterocycles. The van der Waals surface area contributed by atoms with Crippen molar-refractivity contribution in [3.63, 3.8) is 0 Å². The second-order valence-corrected chi connectivity index (χ2v) is 4.27. The zero-order valence-corrected chi connectivity index (χ0v) is 11.7. The van der Waals surface area contributed by atoms with Crippen molar-refractivity contribution < 1.29 is 9.53 Å². The molecular weight excluding hydrogens is 260 g/mol. The predicted molar refractivity (Wildman–Crippen MR) is 83.3 cm³/mol. The molecule has 0 unspecified atom stereocenters. The van der Waals surface area contributed by atoms with E-state index in [-0.39, 0.29) is 0 Å². The Morgan fingerprint density at radius 1 is 1.00 bits per heavy atom. The fraction of sp³-hybridized carbons (Fsp3) is 0.105. The minimum absolute atomic E-state index is 0.333. The first kappa shape index (κ1) is 14.4. The number of esters is 1. The quantitative estimate of drug-likeness (QED) is 0.620. The molecule has 2 heteroatoms. The van der Waals surface area contributed by atoms with Gasteiger partial charge in [-0.3, -0.25) is 0 Å². The van der Waals surface area contributed by atoms with Gasteiger partial charge >= 0.3 is 5.97 Å². The maximum Gasteiger partial charge on any atom is 0.384 e. The summed E-state index contributed by atoms with van der Waals surface area (Å²) in [5.74, 6) is 7.30. The lowest BCUT2D eigenvalue weighted by molar-refractivity contribution is -0.136. The SMILES string of the molecule is C#Cc1ccc(-c2ccc(C#CC(=O)OCC)cc2)cc1. The normalized spacial score (nSPS) is 9.14. The molecule has 2 aromatic carbocycles. The predicted octanol–water partition coefficient (Wildman–Crippen LogP) is 3.25. The first-order valence-electron chi connectivity index (χ1n) is 6.59. The second kappa shape index (κ2) is 6.98. The van der Waals surface area contributed by atoms with Crippen molar-refractivity contribution in [2.45, 2.75) is 6.92 Å². The van der Waals surface area contributed by atoms with E-state index >= 15 is 0 Å². The number of hydrogen-bond acceptors (Lipinski definition) is 2. The van der Waals surface area contributed by atoms with Crippen LogP contribution in [0.15, 0.2) is 48.5 Å². The van der Waals surface area contributed by atoms with Crippen LogP contribution in [0.25, 0.3) is 11.1 Å². The molecule has 0 bridgehead atoms. The zero-order valence-electron chi connectivity index (χ0n) is 11.7. The highest BCUT2D eigenvalue weighted by atomic mass is 16.5. The minimum atomic E-state index is -0.508. The number of ether oxygens (including phenoxy) is 1. The fourth-order valence-electron chi connectivity index (χ4n) is 1.80. The molecule has 0 saturated heterocycles. The number of terminal acetylenes is 1. The van der Waals surface area contributed by atoms with Gasteiger partial charge in [0.15, 0.2) is 0 Å². The molecule has 2 nitrogen and oxygen atoms in total. The summed E-state index contributed by atoms with van der Waals surface area (Å²) in [5.41, 5.74) is 3.78. The lowest BCUT2D eigenvalue weighted by Crippen LogP contribution is -1.99. The van der Waals surface area contributed by atoms with Gasteiger partial charge in [-0.2, -0.15) is 0 Å². The smallest absolute Gasteiger partial charge is 0.384 e. The molecule has 2 rings (SSSR count). The highest BCUT2D eigenvalue weighted by Gasteiger charge is 1.98. The van der Waals surface area contributed by atoms with Crippen LogP contribution >= 0.6 is 0 Å². The number of rotatable bonds is 2. The van der Waals surface area contributed by atoms with Gasteiger partial charge in [0.05, 0.1) is 6.61 Å². The third kappa shape index (κ3) is 4.00. The average molecular weight is 274 g/mol. The molecule has 102 valence electrons. The van der Waals surface area contributed by atoms with E-state index in [2.05, 4.69) is 17.8 Å². The molecule has 0 radical (unpaired) electrons. The Balaban J connectivity index is 2.15. The highest BCUT2D eigenvalue weighted by Crippen LogP contribution is 2.20. The summed E-state index contributed by atoms with van der Waals surface area (Å²) in [6.45, 7) is 2.08. The van der Waals surface area contributed by atoms with Gasteiger partial charge in [-0.15, -0.1) is 6.42 Å². The van der Waals surface area contributed by atoms with E-state index in [4.69, 9.17) is 11.2 Å². The van der Waals surface area contributed by atoms with E-state index in [1.807, 2.05) is 48.5 Å². The lowest BCUT2D eigenvalue weighted by atomic mass is 10.0. The molecule has 0 spiro atoms. The summed E-state index contributed by atoms with van der Waals surface area (Å²) in [5, 5.41) is 0. The summed E-state index contributed by atoms with van der Waals surface area (Å²) in [6.07, 6.45) is 5.33. The van der Waals surface area contributed by atoms with Crippen molar-refractivity contribution in [3.8, 4) is 35.3 Å². The minimum Gasteiger partial charge on any atom is -0.456 e. The van der Waals surface area contributed by atoms with Crippen LogP contribution < -0.4 is 0 Å². The van der Waals surface area contributed by atoms with Gasteiger partial charge in [-0.1, -0.05) is 36.1 Å². The summed E-state index contributed by atoms with van der Waals surface area (Å²) in [6, 6.07) is 15.4. The van der Waals surface area contributed by atoms with Gasteiger partial charge in [-0.25, -0.2) is 4.79 Å². The first-order chi connectivity index (χ1) is 10.2. The van der Waals surface area contributed by atoms with Crippen molar-refractivity contribution in [2.24, 2.45) is 0 Å². The highest BCUT2D eigenvalue weighted by molar-refractivity contribution is 5.89. The van der Waals surface area contributed by atoms with Crippen molar-refractivity contribution in [3.05, 3.63) is 59.7 Å². The van der Waals surface area contributed by atoms with Crippen LogP contribution in [-0.2, 0) is 9.53 Å². The molecular formula is C19H14O2. The van der Waals surface area contributed by atoms with Crippen molar-refractivity contribution in [2.75, 3.05) is 6.61 Å². The Hall–Kier alpha value is -2.97. The second-order valence-electron chi connectivity index (χ2n) is 4.27. The molecule has 2 aromatic rings. The van der Waals surface area contributed by atoms with Gasteiger partial charge < -0.3 is 4.74 Å². The van der Waals surface area contributed by atoms with E-state index in [0.717, 1.165) is 22.3 Å². The lowest BCUT2D eigenvalue weighted by Gasteiger charge is -2.02. The van der Waals surface area contributed by atoms with Gasteiger partial charge in [0.1, 0.15) is 0 Å². The Labute approximate surface area is 124 Å². The topological polar surface area (TPSA) is 26.3 Å². The van der Waals surface area contributed by atoms with Gasteiger partial charge in [0.2, 0.25) is 0 Å². The van der Waals surface area contributed by atoms with Crippen LogP contribution in [0.4, 0.5) is 0 Å². The molecule has 0 aliphatic rings. The van der Waals surface area contributed by atoms with Crippen molar-refractivity contribution in [1.82, 2.24) is 0 Å². The Kier molecular flexibility index (Phi) is 4.80. The Morgan fingerprint density at radius 2 is 1.52 bits per heavy atom. The van der Waals surface area contributed by atoms with Gasteiger partial charge in [0.25, 0.3) is 0 Å². The van der Waals surface area contributed by atoms with Gasteiger partial charge in [-0.05, 0) is 42.3 Å². The van der Waals surface area contributed by atoms with Crippen LogP contribution in [0.3, 0.4) is 0 Å². The summed E-state index contributed by atoms with van der Waals surface area (Å²) in [7, 11) is 0. The van der Waals surface area contributed by atoms with E-state index in [1.54, 1.807) is 6.92 Å². The number of benzene rings is 2. The monoisotopic (exact) mass is 274 g/mol. The Morgan fingerprint density at radius 3 is 2.00 bits per heavy atom. The molecule has 0 saturated carbocycles. The maximum absolute atomic E-state index is 11.2. The average Bonchev–Trinajstić information content (AvgIpc) is 2.54. The van der Waals surface area contributed by atoms with E-state index < -0.39 is 5.97 Å². The van der Waals surface area contributed by atoms with E-state index in [1.165, 1.54) is 0 Å². The van der Waals surface area contributed by atoms with Crippen molar-refractivity contribution >= 4 is 5.97 Å². The molecule has 0 heterocycles. The zero-order chi connectivity index (χ0) is 15.1. The molecule has 0 N–H and O–H groups in total. The van der Waals surface area contributed by atoms with E-state index in [9.17, 15) is 4.79 Å². The summed E-state index contributed by atoms with van der Waals surface area (Å²) < 4.78 is 4.75. The summed E-state index contributed by atoms with van der Waals surface area (Å²) in [4.78, 5) is 11.2. The largest absolute Gasteiger partial charge is 0.456 e. The molecule has 0 aromatic heterocycles. The molecule has 21 heavy (non-hydrogen) atoms. The fourth-order valence-corrected chi connectivity index (χ4v) is 1.80. The molecule has 0 aliphatic carbocycles. The molecule has 0 fully saturated rings. The molecule has 0 amide bonds. The number of carbonyl (C=O) groups is 1. The number of hydrogen-bond donors (Lipinski definition) is 0. The van der Waals surface area contributed by atoms with E-state index in [0.29, 0.717) is 6.61 Å². The standard InChI is InChI=1S/C19H14O2/c1-3-15-5-10-17(11-6-15)18-12-7-16(8-13-18)9-14-19(20)21-4-2/h1,5-8,10-13H,4H2,2H3. The van der Waals surface area contributed by atoms with Crippen LogP contribution in [0.5, 0.6) is 0 Å². The Bertz CT molecular complexity index is 720. The van der Waals surface area contributed by atoms with Crippen LogP contribution in [0.2, 0.25) is 0 Å². The summed E-state index contributed by atoms with van der Waals surface area (Å²) >= 11 is 0. The van der Waals surface area contributed by atoms with Crippen molar-refractivity contribution in [1.29, 1.82) is 0 Å². The van der Waals surface area contributed by atoms with Crippen LogP contribution in [0.1, 0.15) is 18.1 Å². The third-order valence-electron chi connectivity index (χ3n) is 2.85. The van der Waals surface area contributed by atoms with Crippen LogP contribution in [0, 0.1) is 24.2 Å². The molecule has 0 atom stereocenters. The number of carbonyl (C=O) groups excluding carboxylic acids is 1. The van der Waals surface area contributed by atoms with Gasteiger partial charge in [0, 0.05) is 17.0 Å². The maximum atomic E-state index is 11.2. The first-order valence-corrected chi connectivity index (χ1v) is 6.59. The third-order valence-corrected chi connectivity index (χ3v) is 2.85.